The predicted octanol–water partition coefficient (Wildman–Crippen LogP) is -0.108. The van der Waals surface area contributed by atoms with Crippen LogP contribution in [0.1, 0.15) is 27.1 Å². The fourth-order valence-electron chi connectivity index (χ4n) is 3.01. The fraction of sp³-hybridized carbons (Fsp3) is 0.190. The first kappa shape index (κ1) is 23.1. The molecule has 172 valence electrons. The Balaban J connectivity index is 1.63. The molecule has 2 aromatic rings. The highest BCUT2D eigenvalue weighted by molar-refractivity contribution is 6.04. The van der Waals surface area contributed by atoms with E-state index >= 15 is 0 Å². The summed E-state index contributed by atoms with van der Waals surface area (Å²) in [5.74, 6) is -2.62. The number of aliphatic imine (C=N–C) groups is 1. The number of ether oxygens (including phenoxy) is 2. The van der Waals surface area contributed by atoms with Crippen LogP contribution in [0.15, 0.2) is 47.5 Å². The average Bonchev–Trinajstić information content (AvgIpc) is 3.24. The molecule has 0 radical (unpaired) electrons. The van der Waals surface area contributed by atoms with Crippen LogP contribution in [-0.4, -0.2) is 54.0 Å². The minimum absolute atomic E-state index is 0.0107. The molecule has 2 amide bonds. The van der Waals surface area contributed by atoms with Crippen molar-refractivity contribution in [3.63, 3.8) is 0 Å². The maximum Gasteiger partial charge on any atom is 0.305 e. The summed E-state index contributed by atoms with van der Waals surface area (Å²) in [4.78, 5) is 52.5. The van der Waals surface area contributed by atoms with Crippen LogP contribution >= 0.6 is 0 Å². The zero-order chi connectivity index (χ0) is 24.0. The lowest BCUT2D eigenvalue weighted by Crippen LogP contribution is -2.46. The summed E-state index contributed by atoms with van der Waals surface area (Å²) in [5.41, 5.74) is 11.3. The van der Waals surface area contributed by atoms with E-state index in [1.807, 2.05) is 0 Å². The van der Waals surface area contributed by atoms with Gasteiger partial charge in [-0.25, -0.2) is 4.99 Å². The standard InChI is InChI=1S/C21H21N5O7/c22-21(23)25-13-3-1-2-12(6-13)20(31)24-9-17(27)26-14(8-18(28)29)19(30)11-4-5-15-16(7-11)33-10-32-15/h1-7,14H,8-10H2,(H,24,31)(H,26,27)(H,28,29)(H4,22,23,25). The highest BCUT2D eigenvalue weighted by Crippen LogP contribution is 2.32. The molecule has 0 bridgehead atoms. The maximum absolute atomic E-state index is 12.8. The number of benzene rings is 2. The molecule has 33 heavy (non-hydrogen) atoms. The van der Waals surface area contributed by atoms with Gasteiger partial charge in [-0.3, -0.25) is 19.2 Å². The largest absolute Gasteiger partial charge is 0.481 e. The van der Waals surface area contributed by atoms with E-state index in [9.17, 15) is 19.2 Å². The molecule has 0 aromatic heterocycles. The number of carboxylic acids is 1. The Hall–Kier alpha value is -4.61. The minimum atomic E-state index is -1.35. The van der Waals surface area contributed by atoms with E-state index in [1.54, 1.807) is 12.1 Å². The van der Waals surface area contributed by atoms with Gasteiger partial charge in [-0.1, -0.05) is 6.07 Å². The van der Waals surface area contributed by atoms with Crippen LogP contribution in [0.3, 0.4) is 0 Å². The van der Waals surface area contributed by atoms with Gasteiger partial charge in [0, 0.05) is 11.1 Å². The lowest BCUT2D eigenvalue weighted by Gasteiger charge is -2.16. The Morgan fingerprint density at radius 3 is 2.52 bits per heavy atom. The smallest absolute Gasteiger partial charge is 0.305 e. The Labute approximate surface area is 187 Å². The molecule has 3 rings (SSSR count). The summed E-state index contributed by atoms with van der Waals surface area (Å²) in [6.07, 6.45) is -0.645. The molecule has 0 saturated heterocycles. The van der Waals surface area contributed by atoms with Crippen LogP contribution in [0.5, 0.6) is 11.5 Å². The average molecular weight is 455 g/mol. The van der Waals surface area contributed by atoms with Gasteiger partial charge in [-0.05, 0) is 36.4 Å². The molecule has 1 heterocycles. The van der Waals surface area contributed by atoms with Crippen molar-refractivity contribution in [3.05, 3.63) is 53.6 Å². The van der Waals surface area contributed by atoms with Gasteiger partial charge >= 0.3 is 5.97 Å². The first-order valence-electron chi connectivity index (χ1n) is 9.66. The number of carbonyl (C=O) groups is 4. The van der Waals surface area contributed by atoms with Gasteiger partial charge in [0.25, 0.3) is 5.91 Å². The van der Waals surface area contributed by atoms with E-state index in [0.29, 0.717) is 17.2 Å². The number of amides is 2. The van der Waals surface area contributed by atoms with Crippen LogP contribution in [0.2, 0.25) is 0 Å². The number of fused-ring (bicyclic) bond motifs is 1. The molecule has 1 aliphatic rings. The van der Waals surface area contributed by atoms with Gasteiger partial charge in [-0.2, -0.15) is 0 Å². The molecule has 12 nitrogen and oxygen atoms in total. The van der Waals surface area contributed by atoms with Gasteiger partial charge in [0.2, 0.25) is 12.7 Å². The van der Waals surface area contributed by atoms with Crippen molar-refractivity contribution in [2.24, 2.45) is 16.5 Å². The zero-order valence-corrected chi connectivity index (χ0v) is 17.2. The number of aliphatic carboxylic acids is 1. The second-order valence-corrected chi connectivity index (χ2v) is 6.92. The SMILES string of the molecule is NC(N)=Nc1cccc(C(=O)NCC(=O)NC(CC(=O)O)C(=O)c2ccc3c(c2)OCO3)c1. The van der Waals surface area contributed by atoms with Crippen molar-refractivity contribution in [1.29, 1.82) is 0 Å². The van der Waals surface area contributed by atoms with Crippen molar-refractivity contribution in [1.82, 2.24) is 10.6 Å². The highest BCUT2D eigenvalue weighted by Gasteiger charge is 2.26. The number of nitrogens with two attached hydrogens (primary N) is 2. The molecule has 1 aliphatic heterocycles. The molecule has 2 aromatic carbocycles. The van der Waals surface area contributed by atoms with Gasteiger partial charge in [0.1, 0.15) is 6.04 Å². The number of hydrogen-bond acceptors (Lipinski definition) is 7. The number of guanidine groups is 1. The number of carboxylic acid groups (broad SMARTS) is 1. The number of rotatable bonds is 9. The molecule has 7 N–H and O–H groups in total. The first-order chi connectivity index (χ1) is 15.7. The molecule has 0 fully saturated rings. The number of nitrogens with zero attached hydrogens (tertiary/aromatic N) is 1. The van der Waals surface area contributed by atoms with E-state index in [-0.39, 0.29) is 23.9 Å². The Morgan fingerprint density at radius 2 is 1.79 bits per heavy atom. The molecule has 0 spiro atoms. The minimum Gasteiger partial charge on any atom is -0.481 e. The second kappa shape index (κ2) is 10.1. The first-order valence-corrected chi connectivity index (χ1v) is 9.66. The number of carbonyl (C=O) groups excluding carboxylic acids is 3. The van der Waals surface area contributed by atoms with E-state index in [1.165, 1.54) is 30.3 Å². The maximum atomic E-state index is 12.8. The third kappa shape index (κ3) is 6.19. The second-order valence-electron chi connectivity index (χ2n) is 6.92. The molecule has 12 heteroatoms. The highest BCUT2D eigenvalue weighted by atomic mass is 16.7. The Kier molecular flexibility index (Phi) is 7.08. The lowest BCUT2D eigenvalue weighted by molar-refractivity contribution is -0.137. The van der Waals surface area contributed by atoms with Crippen LogP contribution in [0, 0.1) is 0 Å². The lowest BCUT2D eigenvalue weighted by atomic mass is 10.0. The van der Waals surface area contributed by atoms with E-state index in [4.69, 9.17) is 26.0 Å². The zero-order valence-electron chi connectivity index (χ0n) is 17.2. The predicted molar refractivity (Wildman–Crippen MR) is 115 cm³/mol. The van der Waals surface area contributed by atoms with Gasteiger partial charge < -0.3 is 36.7 Å². The number of nitrogens with one attached hydrogen (secondary N) is 2. The van der Waals surface area contributed by atoms with Crippen molar-refractivity contribution >= 4 is 35.2 Å². The normalized spacial score (nSPS) is 12.4. The monoisotopic (exact) mass is 455 g/mol. The van der Waals surface area contributed by atoms with Crippen LogP contribution in [0.4, 0.5) is 5.69 Å². The molecule has 0 aliphatic carbocycles. The van der Waals surface area contributed by atoms with E-state index < -0.39 is 42.6 Å². The fourth-order valence-corrected chi connectivity index (χ4v) is 3.01. The third-order valence-electron chi connectivity index (χ3n) is 4.46. The topological polar surface area (TPSA) is 195 Å². The summed E-state index contributed by atoms with van der Waals surface area (Å²) < 4.78 is 10.4. The van der Waals surface area contributed by atoms with Gasteiger partial charge in [-0.15, -0.1) is 0 Å². The molecule has 1 unspecified atom stereocenters. The van der Waals surface area contributed by atoms with E-state index in [2.05, 4.69) is 15.6 Å². The summed E-state index contributed by atoms with van der Waals surface area (Å²) in [7, 11) is 0. The van der Waals surface area contributed by atoms with E-state index in [0.717, 1.165) is 0 Å². The van der Waals surface area contributed by atoms with Crippen molar-refractivity contribution < 1.29 is 33.8 Å². The van der Waals surface area contributed by atoms with Crippen molar-refractivity contribution in [2.45, 2.75) is 12.5 Å². The summed E-state index contributed by atoms with van der Waals surface area (Å²) in [6, 6.07) is 9.09. The number of ketones is 1. The molecule has 1 atom stereocenters. The van der Waals surface area contributed by atoms with Gasteiger partial charge in [0.05, 0.1) is 18.7 Å². The quantitative estimate of drug-likeness (QED) is 0.195. The summed E-state index contributed by atoms with van der Waals surface area (Å²) >= 11 is 0. The van der Waals surface area contributed by atoms with Crippen LogP contribution in [0.25, 0.3) is 0 Å². The number of Topliss-reactive ketones (excluding diaryl/α,β-unsaturated/α-hetero) is 1. The van der Waals surface area contributed by atoms with Crippen LogP contribution in [-0.2, 0) is 9.59 Å². The summed E-state index contributed by atoms with van der Waals surface area (Å²) in [5, 5.41) is 13.9. The van der Waals surface area contributed by atoms with Gasteiger partial charge in [0.15, 0.2) is 23.2 Å². The number of hydrogen-bond donors (Lipinski definition) is 5. The third-order valence-corrected chi connectivity index (χ3v) is 4.46. The Bertz CT molecular complexity index is 1130. The molecule has 0 saturated carbocycles. The summed E-state index contributed by atoms with van der Waals surface area (Å²) in [6.45, 7) is -0.479. The van der Waals surface area contributed by atoms with Crippen LogP contribution < -0.4 is 31.6 Å². The molecular weight excluding hydrogens is 434 g/mol. The van der Waals surface area contributed by atoms with Crippen molar-refractivity contribution in [3.8, 4) is 11.5 Å². The van der Waals surface area contributed by atoms with Crippen molar-refractivity contribution in [2.75, 3.05) is 13.3 Å². The Morgan fingerprint density at radius 1 is 1.03 bits per heavy atom. The molecular formula is C21H21N5O7.